The van der Waals surface area contributed by atoms with E-state index in [0.717, 1.165) is 25.1 Å². The Morgan fingerprint density at radius 2 is 1.88 bits per heavy atom. The van der Waals surface area contributed by atoms with E-state index in [2.05, 4.69) is 38.6 Å². The molecule has 0 amide bonds. The highest BCUT2D eigenvalue weighted by Gasteiger charge is 2.50. The lowest BCUT2D eigenvalue weighted by atomic mass is 10.1. The Bertz CT molecular complexity index is 1050. The first-order valence-corrected chi connectivity index (χ1v) is 13.0. The van der Waals surface area contributed by atoms with E-state index in [4.69, 9.17) is 21.1 Å². The molecule has 0 N–H and O–H groups in total. The molecule has 2 aromatic heterocycles. The van der Waals surface area contributed by atoms with Crippen LogP contribution in [0.3, 0.4) is 0 Å². The number of aromatic nitrogens is 5. The smallest absolute Gasteiger partial charge is 0.163 e. The molecule has 0 bridgehead atoms. The second-order valence-electron chi connectivity index (χ2n) is 9.36. The zero-order chi connectivity index (χ0) is 23.1. The van der Waals surface area contributed by atoms with Gasteiger partial charge >= 0.3 is 0 Å². The monoisotopic (exact) mass is 483 g/mol. The summed E-state index contributed by atoms with van der Waals surface area (Å²) in [5, 5.41) is 8.32. The molecule has 1 aliphatic carbocycles. The van der Waals surface area contributed by atoms with Crippen LogP contribution in [0.2, 0.25) is 5.02 Å². The summed E-state index contributed by atoms with van der Waals surface area (Å²) in [6, 6.07) is 0.142. The molecule has 176 valence electrons. The molecule has 1 aliphatic heterocycles. The lowest BCUT2D eigenvalue weighted by Crippen LogP contribution is -2.31. The average Bonchev–Trinajstić information content (AvgIpc) is 3.21. The zero-order valence-corrected chi connectivity index (χ0v) is 20.4. The van der Waals surface area contributed by atoms with Gasteiger partial charge in [-0.25, -0.2) is 18.4 Å². The highest BCUT2D eigenvalue weighted by molar-refractivity contribution is 7.91. The Labute approximate surface area is 193 Å². The average molecular weight is 484 g/mol. The van der Waals surface area contributed by atoms with E-state index < -0.39 is 21.2 Å². The maximum Gasteiger partial charge on any atom is 0.163 e. The van der Waals surface area contributed by atoms with Gasteiger partial charge < -0.3 is 14.0 Å². The number of hydrogen-bond donors (Lipinski definition) is 0. The normalized spacial score (nSPS) is 23.1. The van der Waals surface area contributed by atoms with Crippen molar-refractivity contribution in [2.24, 2.45) is 5.41 Å². The number of methoxy groups -OCH3 is 1. The third-order valence-corrected chi connectivity index (χ3v) is 8.88. The molecule has 4 rings (SSSR count). The van der Waals surface area contributed by atoms with E-state index in [1.807, 2.05) is 0 Å². The van der Waals surface area contributed by atoms with Gasteiger partial charge in [-0.05, 0) is 31.6 Å². The molecule has 0 aromatic carbocycles. The van der Waals surface area contributed by atoms with E-state index in [-0.39, 0.29) is 23.0 Å². The predicted molar refractivity (Wildman–Crippen MR) is 119 cm³/mol. The summed E-state index contributed by atoms with van der Waals surface area (Å²) < 4.78 is 39.9. The first kappa shape index (κ1) is 23.5. The molecule has 2 aliphatic rings. The van der Waals surface area contributed by atoms with Crippen LogP contribution in [0.1, 0.15) is 75.6 Å². The molecule has 32 heavy (non-hydrogen) atoms. The van der Waals surface area contributed by atoms with Gasteiger partial charge in [-0.2, -0.15) is 0 Å². The minimum Gasteiger partial charge on any atom is -0.381 e. The van der Waals surface area contributed by atoms with Crippen LogP contribution >= 0.6 is 11.6 Å². The molecule has 3 atom stereocenters. The second kappa shape index (κ2) is 8.96. The van der Waals surface area contributed by atoms with Crippen molar-refractivity contribution in [3.63, 3.8) is 0 Å². The Morgan fingerprint density at radius 3 is 2.44 bits per heavy atom. The van der Waals surface area contributed by atoms with Gasteiger partial charge in [0.2, 0.25) is 0 Å². The second-order valence-corrected chi connectivity index (χ2v) is 12.2. The molecule has 9 nitrogen and oxygen atoms in total. The molecule has 2 fully saturated rings. The van der Waals surface area contributed by atoms with E-state index in [1.54, 1.807) is 6.92 Å². The third kappa shape index (κ3) is 4.69. The van der Waals surface area contributed by atoms with Crippen LogP contribution in [0.5, 0.6) is 0 Å². The van der Waals surface area contributed by atoms with Crippen LogP contribution in [0.4, 0.5) is 0 Å². The van der Waals surface area contributed by atoms with Crippen LogP contribution in [0.15, 0.2) is 12.4 Å². The molecule has 0 spiro atoms. The summed E-state index contributed by atoms with van der Waals surface area (Å²) in [5.74, 6) is 1.72. The maximum absolute atomic E-state index is 13.4. The third-order valence-electron chi connectivity index (χ3n) is 6.65. The lowest BCUT2D eigenvalue weighted by molar-refractivity contribution is 0.0680. The van der Waals surface area contributed by atoms with Gasteiger partial charge in [-0.15, -0.1) is 10.2 Å². The van der Waals surface area contributed by atoms with Crippen molar-refractivity contribution >= 4 is 21.4 Å². The van der Waals surface area contributed by atoms with Crippen molar-refractivity contribution in [1.29, 1.82) is 0 Å². The van der Waals surface area contributed by atoms with Gasteiger partial charge in [0.1, 0.15) is 23.5 Å². The minimum absolute atomic E-state index is 0.142. The van der Waals surface area contributed by atoms with E-state index in [0.29, 0.717) is 30.0 Å². The molecule has 1 saturated heterocycles. The van der Waals surface area contributed by atoms with Gasteiger partial charge in [-0.3, -0.25) is 0 Å². The van der Waals surface area contributed by atoms with Gasteiger partial charge in [0.25, 0.3) is 0 Å². The van der Waals surface area contributed by atoms with E-state index in [9.17, 15) is 8.42 Å². The van der Waals surface area contributed by atoms with Crippen LogP contribution in [-0.4, -0.2) is 58.7 Å². The topological polar surface area (TPSA) is 109 Å². The van der Waals surface area contributed by atoms with E-state index in [1.165, 1.54) is 19.5 Å². The van der Waals surface area contributed by atoms with Crippen molar-refractivity contribution in [3.8, 4) is 0 Å². The molecule has 3 heterocycles. The number of nitrogens with zero attached hydrogens (tertiary/aromatic N) is 5. The van der Waals surface area contributed by atoms with Crippen LogP contribution in [-0.2, 0) is 25.1 Å². The molecule has 0 unspecified atom stereocenters. The van der Waals surface area contributed by atoms with Gasteiger partial charge in [0.15, 0.2) is 15.7 Å². The summed E-state index contributed by atoms with van der Waals surface area (Å²) in [6.45, 7) is 7.32. The van der Waals surface area contributed by atoms with Crippen molar-refractivity contribution in [1.82, 2.24) is 24.7 Å². The van der Waals surface area contributed by atoms with Crippen molar-refractivity contribution < 1.29 is 17.9 Å². The first-order valence-electron chi connectivity index (χ1n) is 10.9. The fourth-order valence-electron chi connectivity index (χ4n) is 4.40. The standard InChI is InChI=1S/C21H30ClN5O4S/c1-13(18(30-4)19-23-10-14(22)11-24-19)32(28,29)12-17-25-26-20(16-9-21(16,2)3)27(17)15-5-7-31-8-6-15/h10-11,13,15-16,18H,5-9,12H2,1-4H3/t13-,16-,18-/m0/s1. The molecule has 11 heteroatoms. The summed E-state index contributed by atoms with van der Waals surface area (Å²) in [7, 11) is -2.21. The fraction of sp³-hybridized carbons (Fsp3) is 0.714. The SMILES string of the molecule is CO[C@H](c1ncc(Cl)cn1)[C@H](C)S(=O)(=O)Cc1nnc([C@@H]2CC2(C)C)n1C1CCOCC1. The summed E-state index contributed by atoms with van der Waals surface area (Å²) in [4.78, 5) is 8.31. The lowest BCUT2D eigenvalue weighted by Gasteiger charge is -2.27. The van der Waals surface area contributed by atoms with Gasteiger partial charge in [-0.1, -0.05) is 25.4 Å². The Hall–Kier alpha value is -1.62. The summed E-state index contributed by atoms with van der Waals surface area (Å²) in [5.41, 5.74) is 0.159. The van der Waals surface area contributed by atoms with Gasteiger partial charge in [0.05, 0.1) is 10.3 Å². The highest BCUT2D eigenvalue weighted by atomic mass is 35.5. The van der Waals surface area contributed by atoms with Crippen LogP contribution in [0, 0.1) is 5.41 Å². The summed E-state index contributed by atoms with van der Waals surface area (Å²) in [6.07, 6.45) is 4.71. The maximum atomic E-state index is 13.4. The van der Waals surface area contributed by atoms with Crippen molar-refractivity contribution in [2.45, 2.75) is 69.1 Å². The Kier molecular flexibility index (Phi) is 6.59. The first-order chi connectivity index (χ1) is 15.1. The molecule has 1 saturated carbocycles. The molecular weight excluding hydrogens is 454 g/mol. The van der Waals surface area contributed by atoms with Gasteiger partial charge in [0, 0.05) is 44.7 Å². The minimum atomic E-state index is -3.66. The molecule has 2 aromatic rings. The van der Waals surface area contributed by atoms with Crippen LogP contribution in [0.25, 0.3) is 0 Å². The Balaban J connectivity index is 1.62. The predicted octanol–water partition coefficient (Wildman–Crippen LogP) is 3.28. The highest BCUT2D eigenvalue weighted by Crippen LogP contribution is 2.58. The number of rotatable bonds is 8. The quantitative estimate of drug-likeness (QED) is 0.562. The van der Waals surface area contributed by atoms with Crippen molar-refractivity contribution in [3.05, 3.63) is 34.9 Å². The summed E-state index contributed by atoms with van der Waals surface area (Å²) >= 11 is 5.87. The molecule has 0 radical (unpaired) electrons. The largest absolute Gasteiger partial charge is 0.381 e. The number of ether oxygens (including phenoxy) is 2. The van der Waals surface area contributed by atoms with Crippen LogP contribution < -0.4 is 0 Å². The van der Waals surface area contributed by atoms with E-state index >= 15 is 0 Å². The zero-order valence-electron chi connectivity index (χ0n) is 18.9. The molecular formula is C21H30ClN5O4S. The fourth-order valence-corrected chi connectivity index (χ4v) is 5.93. The number of halogens is 1. The van der Waals surface area contributed by atoms with Crippen molar-refractivity contribution in [2.75, 3.05) is 20.3 Å². The Morgan fingerprint density at radius 1 is 1.25 bits per heavy atom. The number of hydrogen-bond acceptors (Lipinski definition) is 8. The number of sulfone groups is 1.